The first-order valence-corrected chi connectivity index (χ1v) is 7.87. The van der Waals surface area contributed by atoms with E-state index in [9.17, 15) is 9.59 Å². The van der Waals surface area contributed by atoms with Crippen molar-refractivity contribution in [2.75, 3.05) is 0 Å². The molecule has 0 aromatic carbocycles. The summed E-state index contributed by atoms with van der Waals surface area (Å²) >= 11 is 0. The van der Waals surface area contributed by atoms with E-state index in [-0.39, 0.29) is 18.0 Å². The van der Waals surface area contributed by atoms with E-state index in [1.54, 1.807) is 20.8 Å². The maximum absolute atomic E-state index is 12.2. The summed E-state index contributed by atoms with van der Waals surface area (Å²) in [5.41, 5.74) is -0.582. The molecule has 1 rings (SSSR count). The van der Waals surface area contributed by atoms with Crippen LogP contribution < -0.4 is 5.32 Å². The average molecular weight is 299 g/mol. The number of ether oxygens (including phenoxy) is 2. The lowest BCUT2D eigenvalue weighted by Crippen LogP contribution is -2.45. The Balaban J connectivity index is 2.57. The molecule has 21 heavy (non-hydrogen) atoms. The molecule has 0 heterocycles. The Bertz CT molecular complexity index is 354. The van der Waals surface area contributed by atoms with Crippen LogP contribution in [0.2, 0.25) is 0 Å². The second-order valence-corrected chi connectivity index (χ2v) is 7.17. The van der Waals surface area contributed by atoms with Crippen LogP contribution in [-0.4, -0.2) is 29.8 Å². The van der Waals surface area contributed by atoms with Crippen molar-refractivity contribution >= 4 is 12.1 Å². The second kappa shape index (κ2) is 7.66. The van der Waals surface area contributed by atoms with E-state index in [1.807, 2.05) is 13.8 Å². The van der Waals surface area contributed by atoms with Crippen LogP contribution >= 0.6 is 0 Å². The Kier molecular flexibility index (Phi) is 6.49. The van der Waals surface area contributed by atoms with Crippen LogP contribution in [0.5, 0.6) is 0 Å². The quantitative estimate of drug-likeness (QED) is 0.790. The molecule has 0 bridgehead atoms. The number of carbonyl (C=O) groups excluding carboxylic acids is 2. The van der Waals surface area contributed by atoms with Crippen molar-refractivity contribution in [2.24, 2.45) is 5.92 Å². The summed E-state index contributed by atoms with van der Waals surface area (Å²) in [6, 6.07) is -0.638. The van der Waals surface area contributed by atoms with Crippen LogP contribution in [0, 0.1) is 5.92 Å². The molecule has 1 N–H and O–H groups in total. The summed E-state index contributed by atoms with van der Waals surface area (Å²) in [6.45, 7) is 9.39. The number of hydrogen-bond acceptors (Lipinski definition) is 4. The molecule has 0 unspecified atom stereocenters. The van der Waals surface area contributed by atoms with Crippen LogP contribution in [0.4, 0.5) is 4.79 Å². The SMILES string of the molecule is CC(C)C[C@H](NC(=O)OC(C)(C)C)C(=O)OC1CCCC1. The number of hydrogen-bond donors (Lipinski definition) is 1. The van der Waals surface area contributed by atoms with Gasteiger partial charge in [0.25, 0.3) is 0 Å². The van der Waals surface area contributed by atoms with Gasteiger partial charge in [0.15, 0.2) is 0 Å². The van der Waals surface area contributed by atoms with Crippen LogP contribution in [0.25, 0.3) is 0 Å². The van der Waals surface area contributed by atoms with Gasteiger partial charge < -0.3 is 14.8 Å². The van der Waals surface area contributed by atoms with E-state index >= 15 is 0 Å². The Morgan fingerprint density at radius 2 is 1.76 bits per heavy atom. The highest BCUT2D eigenvalue weighted by molar-refractivity contribution is 5.81. The van der Waals surface area contributed by atoms with Gasteiger partial charge in [0.1, 0.15) is 17.7 Å². The summed E-state index contributed by atoms with van der Waals surface area (Å²) in [5.74, 6) is -0.0671. The van der Waals surface area contributed by atoms with E-state index in [1.165, 1.54) is 0 Å². The summed E-state index contributed by atoms with van der Waals surface area (Å²) < 4.78 is 10.7. The number of alkyl carbamates (subject to hydrolysis) is 1. The minimum absolute atomic E-state index is 0.00704. The van der Waals surface area contributed by atoms with Gasteiger partial charge in [-0.3, -0.25) is 0 Å². The van der Waals surface area contributed by atoms with Gasteiger partial charge in [0.2, 0.25) is 0 Å². The van der Waals surface area contributed by atoms with Gasteiger partial charge in [0.05, 0.1) is 0 Å². The van der Waals surface area contributed by atoms with Crippen molar-refractivity contribution in [1.82, 2.24) is 5.32 Å². The van der Waals surface area contributed by atoms with Gasteiger partial charge >= 0.3 is 12.1 Å². The smallest absolute Gasteiger partial charge is 0.408 e. The summed E-state index contributed by atoms with van der Waals surface area (Å²) in [7, 11) is 0. The molecule has 0 aliphatic heterocycles. The Hall–Kier alpha value is -1.26. The number of rotatable bonds is 5. The predicted octanol–water partition coefficient (Wildman–Crippen LogP) is 3.41. The van der Waals surface area contributed by atoms with E-state index < -0.39 is 17.7 Å². The highest BCUT2D eigenvalue weighted by Gasteiger charge is 2.29. The fraction of sp³-hybridized carbons (Fsp3) is 0.875. The number of nitrogens with one attached hydrogen (secondary N) is 1. The van der Waals surface area contributed by atoms with Crippen molar-refractivity contribution in [3.05, 3.63) is 0 Å². The minimum Gasteiger partial charge on any atom is -0.461 e. The zero-order valence-electron chi connectivity index (χ0n) is 13.9. The second-order valence-electron chi connectivity index (χ2n) is 7.17. The average Bonchev–Trinajstić information content (AvgIpc) is 2.77. The molecule has 0 spiro atoms. The summed E-state index contributed by atoms with van der Waals surface area (Å²) in [5, 5.41) is 2.64. The van der Waals surface area contributed by atoms with Crippen molar-refractivity contribution in [2.45, 2.75) is 84.5 Å². The third-order valence-electron chi connectivity index (χ3n) is 3.27. The summed E-state index contributed by atoms with van der Waals surface area (Å²) in [6.07, 6.45) is 4.03. The van der Waals surface area contributed by atoms with Crippen molar-refractivity contribution < 1.29 is 19.1 Å². The van der Waals surface area contributed by atoms with E-state index in [0.29, 0.717) is 6.42 Å². The molecule has 1 aliphatic rings. The van der Waals surface area contributed by atoms with Crippen LogP contribution in [-0.2, 0) is 14.3 Å². The van der Waals surface area contributed by atoms with E-state index in [0.717, 1.165) is 25.7 Å². The molecule has 0 aromatic heterocycles. The fourth-order valence-electron chi connectivity index (χ4n) is 2.39. The Morgan fingerprint density at radius 1 is 1.19 bits per heavy atom. The zero-order valence-corrected chi connectivity index (χ0v) is 13.9. The standard InChI is InChI=1S/C16H29NO4/c1-11(2)10-13(17-15(19)21-16(3,4)5)14(18)20-12-8-6-7-9-12/h11-13H,6-10H2,1-5H3,(H,17,19)/t13-/m0/s1. The van der Waals surface area contributed by atoms with E-state index in [4.69, 9.17) is 9.47 Å². The predicted molar refractivity (Wildman–Crippen MR) is 81.0 cm³/mol. The minimum atomic E-state index is -0.638. The molecule has 1 aliphatic carbocycles. The molecular weight excluding hydrogens is 270 g/mol. The largest absolute Gasteiger partial charge is 0.461 e. The third kappa shape index (κ3) is 7.34. The first-order chi connectivity index (χ1) is 9.67. The molecule has 5 nitrogen and oxygen atoms in total. The molecule has 1 atom stereocenters. The van der Waals surface area contributed by atoms with Crippen molar-refractivity contribution in [1.29, 1.82) is 0 Å². The maximum Gasteiger partial charge on any atom is 0.408 e. The Morgan fingerprint density at radius 3 is 2.24 bits per heavy atom. The molecule has 0 radical (unpaired) electrons. The zero-order chi connectivity index (χ0) is 16.0. The van der Waals surface area contributed by atoms with Gasteiger partial charge in [-0.2, -0.15) is 0 Å². The molecule has 5 heteroatoms. The topological polar surface area (TPSA) is 64.6 Å². The molecule has 122 valence electrons. The molecule has 1 amide bonds. The monoisotopic (exact) mass is 299 g/mol. The van der Waals surface area contributed by atoms with Crippen LogP contribution in [0.1, 0.15) is 66.7 Å². The third-order valence-corrected chi connectivity index (χ3v) is 3.27. The van der Waals surface area contributed by atoms with Crippen molar-refractivity contribution in [3.8, 4) is 0 Å². The van der Waals surface area contributed by atoms with Gasteiger partial charge in [-0.1, -0.05) is 13.8 Å². The highest BCUT2D eigenvalue weighted by Crippen LogP contribution is 2.22. The number of amides is 1. The lowest BCUT2D eigenvalue weighted by molar-refractivity contribution is -0.151. The van der Waals surface area contributed by atoms with Gasteiger partial charge in [-0.15, -0.1) is 0 Å². The number of esters is 1. The summed E-state index contributed by atoms with van der Waals surface area (Å²) in [4.78, 5) is 24.1. The molecule has 1 fully saturated rings. The maximum atomic E-state index is 12.2. The van der Waals surface area contributed by atoms with Gasteiger partial charge in [-0.05, 0) is 58.8 Å². The van der Waals surface area contributed by atoms with Gasteiger partial charge in [0, 0.05) is 0 Å². The van der Waals surface area contributed by atoms with Crippen LogP contribution in [0.3, 0.4) is 0 Å². The molecule has 1 saturated carbocycles. The lowest BCUT2D eigenvalue weighted by atomic mass is 10.0. The fourth-order valence-corrected chi connectivity index (χ4v) is 2.39. The molecular formula is C16H29NO4. The number of carbonyl (C=O) groups is 2. The Labute approximate surface area is 127 Å². The first-order valence-electron chi connectivity index (χ1n) is 7.87. The highest BCUT2D eigenvalue weighted by atomic mass is 16.6. The van der Waals surface area contributed by atoms with Crippen molar-refractivity contribution in [3.63, 3.8) is 0 Å². The first kappa shape index (κ1) is 17.8. The lowest BCUT2D eigenvalue weighted by Gasteiger charge is -2.24. The normalized spacial score (nSPS) is 17.6. The van der Waals surface area contributed by atoms with E-state index in [2.05, 4.69) is 5.32 Å². The molecule has 0 aromatic rings. The molecule has 0 saturated heterocycles. The van der Waals surface area contributed by atoms with Crippen LogP contribution in [0.15, 0.2) is 0 Å². The van der Waals surface area contributed by atoms with Gasteiger partial charge in [-0.25, -0.2) is 9.59 Å².